The lowest BCUT2D eigenvalue weighted by atomic mass is 9.91. The molecule has 8 heteroatoms. The van der Waals surface area contributed by atoms with Crippen molar-refractivity contribution in [2.24, 2.45) is 17.3 Å². The molecular formula is C25H52O6P2+2. The van der Waals surface area contributed by atoms with Gasteiger partial charge in [0.25, 0.3) is 0 Å². The van der Waals surface area contributed by atoms with Gasteiger partial charge in [-0.1, -0.05) is 79.1 Å². The topological polar surface area (TPSA) is 77.4 Å². The van der Waals surface area contributed by atoms with Gasteiger partial charge in [0.1, 0.15) is 18.9 Å². The molecule has 2 heterocycles. The van der Waals surface area contributed by atoms with Crippen molar-refractivity contribution in [1.29, 1.82) is 0 Å². The Labute approximate surface area is 204 Å². The number of hydrogen-bond acceptors (Lipinski definition) is 6. The summed E-state index contributed by atoms with van der Waals surface area (Å²) in [4.78, 5) is 21.8. The average Bonchev–Trinajstić information content (AvgIpc) is 2.68. The second kappa shape index (κ2) is 13.2. The number of hydrogen-bond donors (Lipinski definition) is 2. The second-order valence-corrected chi connectivity index (χ2v) is 15.9. The molecule has 1 atom stereocenters. The zero-order valence-electron chi connectivity index (χ0n) is 22.2. The van der Waals surface area contributed by atoms with Gasteiger partial charge in [0.2, 0.25) is 0 Å². The summed E-state index contributed by atoms with van der Waals surface area (Å²) in [6.07, 6.45) is 14.8. The fraction of sp³-hybridized carbons (Fsp3) is 1.00. The Bertz CT molecular complexity index is 565. The summed E-state index contributed by atoms with van der Waals surface area (Å²) in [7, 11) is -5.96. The molecule has 0 aliphatic carbocycles. The van der Waals surface area contributed by atoms with Crippen LogP contribution in [-0.4, -0.2) is 34.7 Å². The molecule has 2 saturated heterocycles. The van der Waals surface area contributed by atoms with Crippen molar-refractivity contribution in [3.8, 4) is 0 Å². The third-order valence-corrected chi connectivity index (χ3v) is 10.6. The van der Waals surface area contributed by atoms with Crippen molar-refractivity contribution in [3.63, 3.8) is 0 Å². The molecule has 0 aromatic heterocycles. The largest absolute Gasteiger partial charge is 0.421 e. The van der Waals surface area contributed by atoms with Crippen molar-refractivity contribution in [1.82, 2.24) is 0 Å². The van der Waals surface area contributed by atoms with Crippen molar-refractivity contribution in [2.75, 3.05) is 18.9 Å². The maximum absolute atomic E-state index is 11.0. The smallest absolute Gasteiger partial charge is 0.192 e. The fourth-order valence-electron chi connectivity index (χ4n) is 4.34. The zero-order chi connectivity index (χ0) is 24.6. The molecule has 0 saturated carbocycles. The maximum atomic E-state index is 11.0. The Balaban J connectivity index is 1.71. The monoisotopic (exact) mass is 510 g/mol. The van der Waals surface area contributed by atoms with E-state index in [9.17, 15) is 9.79 Å². The predicted octanol–water partition coefficient (Wildman–Crippen LogP) is 8.26. The summed E-state index contributed by atoms with van der Waals surface area (Å²) in [5.41, 5.74) is -0.598. The first kappa shape index (κ1) is 29.8. The third-order valence-electron chi connectivity index (χ3n) is 6.69. The zero-order valence-corrected chi connectivity index (χ0v) is 24.0. The summed E-state index contributed by atoms with van der Waals surface area (Å²) in [6.45, 7) is 13.2. The first-order chi connectivity index (χ1) is 15.4. The van der Waals surface area contributed by atoms with Gasteiger partial charge < -0.3 is 0 Å². The SMILES string of the molecule is CC(C)CCCCCCC[P+]1(O)OCC(C)(C)C2(O1)O[P+](O)(CCCCCCCC(C)C)O2. The Morgan fingerprint density at radius 2 is 1.03 bits per heavy atom. The highest BCUT2D eigenvalue weighted by molar-refractivity contribution is 7.62. The van der Waals surface area contributed by atoms with E-state index in [0.717, 1.165) is 37.5 Å². The van der Waals surface area contributed by atoms with Crippen LogP contribution in [0.15, 0.2) is 0 Å². The van der Waals surface area contributed by atoms with E-state index in [0.29, 0.717) is 18.9 Å². The minimum atomic E-state index is -3.05. The Morgan fingerprint density at radius 1 is 0.636 bits per heavy atom. The van der Waals surface area contributed by atoms with E-state index in [1.165, 1.54) is 51.4 Å². The molecule has 6 nitrogen and oxygen atoms in total. The molecule has 1 spiro atoms. The van der Waals surface area contributed by atoms with Gasteiger partial charge in [-0.25, -0.2) is 0 Å². The van der Waals surface area contributed by atoms with Crippen LogP contribution in [0.5, 0.6) is 0 Å². The van der Waals surface area contributed by atoms with Gasteiger partial charge in [0.05, 0.1) is 5.41 Å². The van der Waals surface area contributed by atoms with Crippen molar-refractivity contribution >= 4 is 15.9 Å². The van der Waals surface area contributed by atoms with Gasteiger partial charge in [-0.05, 0) is 51.4 Å². The van der Waals surface area contributed by atoms with E-state index < -0.39 is 27.3 Å². The lowest BCUT2D eigenvalue weighted by Crippen LogP contribution is -2.62. The van der Waals surface area contributed by atoms with Crippen LogP contribution in [0.25, 0.3) is 0 Å². The standard InChI is InChI=1S/C25H52O6P2/c1-22(2)17-13-9-7-11-15-19-32(26)28-21-24(5,6)25(29-32)30-33(27,31-25)20-16-12-8-10-14-18-23(3)4/h22-23,26-27H,7-21H2,1-6H3/q+2. The molecule has 33 heavy (non-hydrogen) atoms. The van der Waals surface area contributed by atoms with Gasteiger partial charge in [0.15, 0.2) is 0 Å². The lowest BCUT2D eigenvalue weighted by Gasteiger charge is -2.50. The third kappa shape index (κ3) is 9.54. The van der Waals surface area contributed by atoms with Crippen LogP contribution < -0.4 is 0 Å². The quantitative estimate of drug-likeness (QED) is 0.161. The van der Waals surface area contributed by atoms with Gasteiger partial charge in [-0.3, -0.25) is 0 Å². The van der Waals surface area contributed by atoms with Gasteiger partial charge in [-0.15, -0.1) is 13.6 Å². The first-order valence-corrected chi connectivity index (χ1v) is 16.9. The molecule has 2 fully saturated rings. The maximum Gasteiger partial charge on any atom is 0.421 e. The molecular weight excluding hydrogens is 458 g/mol. The summed E-state index contributed by atoms with van der Waals surface area (Å²) in [5.74, 6) is 0.146. The van der Waals surface area contributed by atoms with Crippen LogP contribution in [0.2, 0.25) is 0 Å². The highest BCUT2D eigenvalue weighted by atomic mass is 31.2. The van der Waals surface area contributed by atoms with Crippen LogP contribution in [-0.2, 0) is 18.1 Å². The summed E-state index contributed by atoms with van der Waals surface area (Å²) >= 11 is 0. The summed E-state index contributed by atoms with van der Waals surface area (Å²) < 4.78 is 23.9. The fourth-order valence-corrected chi connectivity index (χ4v) is 8.72. The van der Waals surface area contributed by atoms with E-state index in [-0.39, 0.29) is 0 Å². The highest BCUT2D eigenvalue weighted by Crippen LogP contribution is 2.80. The predicted molar refractivity (Wildman–Crippen MR) is 139 cm³/mol. The first-order valence-electron chi connectivity index (χ1n) is 13.4. The van der Waals surface area contributed by atoms with Crippen LogP contribution in [0.3, 0.4) is 0 Å². The normalized spacial score (nSPS) is 31.5. The minimum Gasteiger partial charge on any atom is -0.192 e. The van der Waals surface area contributed by atoms with Gasteiger partial charge in [0, 0.05) is 0 Å². The minimum absolute atomic E-state index is 0.293. The molecule has 2 aliphatic heterocycles. The summed E-state index contributed by atoms with van der Waals surface area (Å²) in [5, 5.41) is 0. The second-order valence-electron chi connectivity index (χ2n) is 11.6. The molecule has 2 aliphatic rings. The van der Waals surface area contributed by atoms with Crippen molar-refractivity contribution in [2.45, 2.75) is 125 Å². The number of unbranched alkanes of at least 4 members (excludes halogenated alkanes) is 8. The van der Waals surface area contributed by atoms with E-state index in [4.69, 9.17) is 18.1 Å². The Hall–Kier alpha value is 0.620. The van der Waals surface area contributed by atoms with E-state index >= 15 is 0 Å². The molecule has 0 amide bonds. The molecule has 0 bridgehead atoms. The summed E-state index contributed by atoms with van der Waals surface area (Å²) in [6, 6.07) is 0. The lowest BCUT2D eigenvalue weighted by molar-refractivity contribution is -0.396. The van der Waals surface area contributed by atoms with Crippen LogP contribution >= 0.6 is 15.9 Å². The van der Waals surface area contributed by atoms with E-state index in [1.807, 2.05) is 13.8 Å². The van der Waals surface area contributed by atoms with Gasteiger partial charge in [-0.2, -0.15) is 14.3 Å². The molecule has 0 radical (unpaired) electrons. The average molecular weight is 511 g/mol. The Kier molecular flexibility index (Phi) is 12.0. The van der Waals surface area contributed by atoms with Gasteiger partial charge >= 0.3 is 21.9 Å². The molecule has 2 rings (SSSR count). The Morgan fingerprint density at radius 3 is 1.52 bits per heavy atom. The van der Waals surface area contributed by atoms with Crippen LogP contribution in [0.1, 0.15) is 119 Å². The molecule has 0 aromatic rings. The molecule has 196 valence electrons. The molecule has 1 unspecified atom stereocenters. The number of rotatable bonds is 16. The van der Waals surface area contributed by atoms with Crippen molar-refractivity contribution < 1.29 is 27.9 Å². The molecule has 2 N–H and O–H groups in total. The van der Waals surface area contributed by atoms with Crippen LogP contribution in [0, 0.1) is 17.3 Å². The highest BCUT2D eigenvalue weighted by Gasteiger charge is 2.81. The van der Waals surface area contributed by atoms with Crippen molar-refractivity contribution in [3.05, 3.63) is 0 Å². The molecule has 0 aromatic carbocycles. The van der Waals surface area contributed by atoms with E-state index in [1.54, 1.807) is 0 Å². The van der Waals surface area contributed by atoms with E-state index in [2.05, 4.69) is 27.7 Å². The van der Waals surface area contributed by atoms with Crippen LogP contribution in [0.4, 0.5) is 0 Å².